The summed E-state index contributed by atoms with van der Waals surface area (Å²) in [6.45, 7) is 1.99. The smallest absolute Gasteiger partial charge is 0.253 e. The summed E-state index contributed by atoms with van der Waals surface area (Å²) in [6, 6.07) is 6.11. The molecule has 0 saturated carbocycles. The fourth-order valence-electron chi connectivity index (χ4n) is 2.55. The average molecular weight is 348 g/mol. The molecule has 0 spiro atoms. The van der Waals surface area contributed by atoms with Crippen molar-refractivity contribution in [3.63, 3.8) is 0 Å². The van der Waals surface area contributed by atoms with E-state index in [0.29, 0.717) is 6.04 Å². The van der Waals surface area contributed by atoms with Crippen molar-refractivity contribution in [2.75, 3.05) is 20.1 Å². The SMILES string of the molecule is CN(C(=O)c1ccc2ncsc2c1)C1CCNCC1.Cl.Cl. The zero-order valence-electron chi connectivity index (χ0n) is 11.7. The minimum Gasteiger partial charge on any atom is -0.339 e. The van der Waals surface area contributed by atoms with Gasteiger partial charge in [-0.05, 0) is 44.1 Å². The molecule has 2 aromatic rings. The fraction of sp³-hybridized carbons (Fsp3) is 0.429. The van der Waals surface area contributed by atoms with Crippen LogP contribution in [0.15, 0.2) is 23.7 Å². The highest BCUT2D eigenvalue weighted by Crippen LogP contribution is 2.21. The van der Waals surface area contributed by atoms with E-state index in [4.69, 9.17) is 0 Å². The first-order valence-corrected chi connectivity index (χ1v) is 7.45. The molecule has 1 aliphatic rings. The molecule has 1 aliphatic heterocycles. The molecule has 1 aromatic carbocycles. The van der Waals surface area contributed by atoms with Crippen molar-refractivity contribution in [2.45, 2.75) is 18.9 Å². The summed E-state index contributed by atoms with van der Waals surface area (Å²) in [6.07, 6.45) is 2.07. The number of hydrogen-bond acceptors (Lipinski definition) is 4. The fourth-order valence-corrected chi connectivity index (χ4v) is 3.27. The lowest BCUT2D eigenvalue weighted by Gasteiger charge is -2.31. The molecule has 0 bridgehead atoms. The van der Waals surface area contributed by atoms with E-state index >= 15 is 0 Å². The molecule has 21 heavy (non-hydrogen) atoms. The monoisotopic (exact) mass is 347 g/mol. The van der Waals surface area contributed by atoms with Gasteiger partial charge in [-0.3, -0.25) is 4.79 Å². The molecule has 4 nitrogen and oxygen atoms in total. The highest BCUT2D eigenvalue weighted by atomic mass is 35.5. The van der Waals surface area contributed by atoms with E-state index in [0.717, 1.165) is 41.7 Å². The lowest BCUT2D eigenvalue weighted by Crippen LogP contribution is -2.43. The van der Waals surface area contributed by atoms with Crippen molar-refractivity contribution in [3.05, 3.63) is 29.3 Å². The largest absolute Gasteiger partial charge is 0.339 e. The van der Waals surface area contributed by atoms with Crippen LogP contribution in [-0.4, -0.2) is 42.0 Å². The molecule has 7 heteroatoms. The maximum atomic E-state index is 12.5. The number of hydrogen-bond donors (Lipinski definition) is 1. The van der Waals surface area contributed by atoms with Crippen LogP contribution in [0.3, 0.4) is 0 Å². The number of piperidine rings is 1. The Bertz CT molecular complexity index is 599. The van der Waals surface area contributed by atoms with Crippen LogP contribution < -0.4 is 5.32 Å². The average Bonchev–Trinajstić information content (AvgIpc) is 2.94. The number of nitrogens with one attached hydrogen (secondary N) is 1. The van der Waals surface area contributed by atoms with Crippen LogP contribution in [0.4, 0.5) is 0 Å². The standard InChI is InChI=1S/C14H17N3OS.2ClH/c1-17(11-4-6-15-7-5-11)14(18)10-2-3-12-13(8-10)19-9-16-12;;/h2-3,8-9,11,15H,4-7H2,1H3;2*1H. The van der Waals surface area contributed by atoms with Gasteiger partial charge in [-0.1, -0.05) is 0 Å². The van der Waals surface area contributed by atoms with Crippen LogP contribution in [0.25, 0.3) is 10.2 Å². The third-order valence-corrected chi connectivity index (χ3v) is 4.55. The molecule has 1 aromatic heterocycles. The summed E-state index contributed by atoms with van der Waals surface area (Å²) in [4.78, 5) is 18.6. The molecule has 0 radical (unpaired) electrons. The Balaban J connectivity index is 0.00000110. The second-order valence-corrected chi connectivity index (χ2v) is 5.82. The minimum atomic E-state index is 0. The van der Waals surface area contributed by atoms with Gasteiger partial charge in [0.25, 0.3) is 5.91 Å². The third kappa shape index (κ3) is 3.86. The van der Waals surface area contributed by atoms with Gasteiger partial charge in [0.1, 0.15) is 0 Å². The number of nitrogens with zero attached hydrogens (tertiary/aromatic N) is 2. The Labute approximate surface area is 140 Å². The van der Waals surface area contributed by atoms with Crippen LogP contribution >= 0.6 is 36.2 Å². The zero-order chi connectivity index (χ0) is 13.2. The van der Waals surface area contributed by atoms with Crippen molar-refractivity contribution >= 4 is 52.3 Å². The summed E-state index contributed by atoms with van der Waals surface area (Å²) in [5.41, 5.74) is 3.54. The third-order valence-electron chi connectivity index (χ3n) is 3.75. The number of amides is 1. The molecular weight excluding hydrogens is 329 g/mol. The molecule has 0 aliphatic carbocycles. The van der Waals surface area contributed by atoms with E-state index in [2.05, 4.69) is 10.3 Å². The quantitative estimate of drug-likeness (QED) is 0.908. The summed E-state index contributed by atoms with van der Waals surface area (Å²) in [5, 5.41) is 3.32. The Hall–Kier alpha value is -0.880. The molecule has 3 rings (SSSR count). The van der Waals surface area contributed by atoms with Crippen LogP contribution in [0.2, 0.25) is 0 Å². The first-order valence-electron chi connectivity index (χ1n) is 6.57. The number of rotatable bonds is 2. The van der Waals surface area contributed by atoms with Crippen LogP contribution in [-0.2, 0) is 0 Å². The molecule has 1 amide bonds. The van der Waals surface area contributed by atoms with E-state index in [1.54, 1.807) is 11.3 Å². The van der Waals surface area contributed by atoms with Gasteiger partial charge in [0, 0.05) is 18.7 Å². The van der Waals surface area contributed by atoms with Gasteiger partial charge in [-0.15, -0.1) is 36.2 Å². The highest BCUT2D eigenvalue weighted by Gasteiger charge is 2.22. The van der Waals surface area contributed by atoms with Gasteiger partial charge in [0.2, 0.25) is 0 Å². The number of thiazole rings is 1. The summed E-state index contributed by atoms with van der Waals surface area (Å²) >= 11 is 1.57. The van der Waals surface area contributed by atoms with Crippen molar-refractivity contribution in [2.24, 2.45) is 0 Å². The van der Waals surface area contributed by atoms with Gasteiger partial charge >= 0.3 is 0 Å². The number of carbonyl (C=O) groups excluding carboxylic acids is 1. The Morgan fingerprint density at radius 3 is 2.76 bits per heavy atom. The maximum Gasteiger partial charge on any atom is 0.253 e. The predicted octanol–water partition coefficient (Wildman–Crippen LogP) is 2.96. The van der Waals surface area contributed by atoms with Gasteiger partial charge in [-0.25, -0.2) is 4.98 Å². The first-order chi connectivity index (χ1) is 9.25. The Morgan fingerprint density at radius 1 is 1.33 bits per heavy atom. The van der Waals surface area contributed by atoms with Crippen LogP contribution in [0.1, 0.15) is 23.2 Å². The highest BCUT2D eigenvalue weighted by molar-refractivity contribution is 7.16. The Morgan fingerprint density at radius 2 is 2.05 bits per heavy atom. The van der Waals surface area contributed by atoms with Crippen molar-refractivity contribution in [1.82, 2.24) is 15.2 Å². The number of fused-ring (bicyclic) bond motifs is 1. The number of halogens is 2. The van der Waals surface area contributed by atoms with Crippen molar-refractivity contribution in [1.29, 1.82) is 0 Å². The van der Waals surface area contributed by atoms with Gasteiger partial charge in [0.15, 0.2) is 0 Å². The van der Waals surface area contributed by atoms with Gasteiger partial charge < -0.3 is 10.2 Å². The molecule has 1 saturated heterocycles. The molecule has 0 unspecified atom stereocenters. The van der Waals surface area contributed by atoms with E-state index in [1.807, 2.05) is 35.7 Å². The molecule has 1 fully saturated rings. The zero-order valence-corrected chi connectivity index (χ0v) is 14.2. The second kappa shape index (κ2) is 7.94. The molecule has 2 heterocycles. The topological polar surface area (TPSA) is 45.2 Å². The maximum absolute atomic E-state index is 12.5. The number of carbonyl (C=O) groups is 1. The van der Waals surface area contributed by atoms with Crippen molar-refractivity contribution in [3.8, 4) is 0 Å². The molecule has 0 atom stereocenters. The normalized spacial score (nSPS) is 15.1. The molecular formula is C14H19Cl2N3OS. The second-order valence-electron chi connectivity index (χ2n) is 4.93. The lowest BCUT2D eigenvalue weighted by molar-refractivity contribution is 0.0703. The molecule has 1 N–H and O–H groups in total. The molecule has 116 valence electrons. The van der Waals surface area contributed by atoms with E-state index in [1.165, 1.54) is 0 Å². The lowest BCUT2D eigenvalue weighted by atomic mass is 10.0. The van der Waals surface area contributed by atoms with Crippen molar-refractivity contribution < 1.29 is 4.79 Å². The van der Waals surface area contributed by atoms with E-state index < -0.39 is 0 Å². The number of aromatic nitrogens is 1. The van der Waals surface area contributed by atoms with Crippen LogP contribution in [0, 0.1) is 0 Å². The van der Waals surface area contributed by atoms with Gasteiger partial charge in [0.05, 0.1) is 15.7 Å². The predicted molar refractivity (Wildman–Crippen MR) is 92.1 cm³/mol. The minimum absolute atomic E-state index is 0. The van der Waals surface area contributed by atoms with Gasteiger partial charge in [-0.2, -0.15) is 0 Å². The Kier molecular flexibility index (Phi) is 6.87. The summed E-state index contributed by atoms with van der Waals surface area (Å²) in [5.74, 6) is 0.113. The van der Waals surface area contributed by atoms with Crippen LogP contribution in [0.5, 0.6) is 0 Å². The van der Waals surface area contributed by atoms with E-state index in [-0.39, 0.29) is 30.7 Å². The van der Waals surface area contributed by atoms with E-state index in [9.17, 15) is 4.79 Å². The summed E-state index contributed by atoms with van der Waals surface area (Å²) in [7, 11) is 1.91. The first kappa shape index (κ1) is 18.2. The number of benzene rings is 1. The summed E-state index contributed by atoms with van der Waals surface area (Å²) < 4.78 is 1.07.